The predicted octanol–water partition coefficient (Wildman–Crippen LogP) is 0.983. The van der Waals surface area contributed by atoms with Crippen LogP contribution in [-0.4, -0.2) is 45.3 Å². The van der Waals surface area contributed by atoms with Gasteiger partial charge in [0.1, 0.15) is 0 Å². The minimum atomic E-state index is -0.954. The lowest BCUT2D eigenvalue weighted by Crippen LogP contribution is -2.24. The number of carboxylic acid groups (broad SMARTS) is 1. The molecule has 2 unspecified atom stereocenters. The second kappa shape index (κ2) is 5.46. The zero-order valence-corrected chi connectivity index (χ0v) is 10.4. The molecule has 18 heavy (non-hydrogen) atoms. The van der Waals surface area contributed by atoms with Gasteiger partial charge in [0.25, 0.3) is 0 Å². The Morgan fingerprint density at radius 3 is 2.89 bits per heavy atom. The van der Waals surface area contributed by atoms with Gasteiger partial charge in [-0.2, -0.15) is 0 Å². The summed E-state index contributed by atoms with van der Waals surface area (Å²) < 4.78 is 0. The quantitative estimate of drug-likeness (QED) is 0.833. The van der Waals surface area contributed by atoms with Gasteiger partial charge >= 0.3 is 5.97 Å². The highest BCUT2D eigenvalue weighted by atomic mass is 16.4. The van der Waals surface area contributed by atoms with Crippen LogP contribution in [0.4, 0.5) is 0 Å². The van der Waals surface area contributed by atoms with Crippen LogP contribution in [0.5, 0.6) is 0 Å². The molecule has 1 saturated heterocycles. The molecule has 0 aliphatic carbocycles. The van der Waals surface area contributed by atoms with Gasteiger partial charge in [0.05, 0.1) is 17.4 Å². The first-order valence-corrected chi connectivity index (χ1v) is 6.15. The Hall–Kier alpha value is -1.46. The topological polar surface area (TPSA) is 73.7 Å². The lowest BCUT2D eigenvalue weighted by molar-refractivity contribution is 0.0696. The summed E-state index contributed by atoms with van der Waals surface area (Å²) >= 11 is 0. The zero-order chi connectivity index (χ0) is 13.1. The van der Waals surface area contributed by atoms with Crippen molar-refractivity contribution in [1.82, 2.24) is 9.88 Å². The largest absolute Gasteiger partial charge is 0.478 e. The van der Waals surface area contributed by atoms with Crippen molar-refractivity contribution in [3.63, 3.8) is 0 Å². The molecule has 5 heteroatoms. The fourth-order valence-electron chi connectivity index (χ4n) is 2.27. The fourth-order valence-corrected chi connectivity index (χ4v) is 2.27. The van der Waals surface area contributed by atoms with Gasteiger partial charge in [-0.05, 0) is 37.9 Å². The van der Waals surface area contributed by atoms with E-state index in [-0.39, 0.29) is 11.7 Å². The average Bonchev–Trinajstić information content (AvgIpc) is 2.78. The summed E-state index contributed by atoms with van der Waals surface area (Å²) in [5, 5.41) is 18.3. The van der Waals surface area contributed by atoms with Crippen molar-refractivity contribution in [3.8, 4) is 0 Å². The molecule has 0 aromatic carbocycles. The van der Waals surface area contributed by atoms with Crippen LogP contribution in [-0.2, 0) is 6.54 Å². The molecule has 2 heterocycles. The molecule has 1 fully saturated rings. The number of aliphatic hydroxyl groups is 1. The Bertz CT molecular complexity index is 417. The molecule has 98 valence electrons. The highest BCUT2D eigenvalue weighted by molar-refractivity contribution is 5.87. The number of aliphatic hydroxyl groups excluding tert-OH is 1. The van der Waals surface area contributed by atoms with Gasteiger partial charge in [0, 0.05) is 19.3 Å². The Balaban J connectivity index is 1.92. The van der Waals surface area contributed by atoms with Crippen LogP contribution < -0.4 is 0 Å². The smallest absolute Gasteiger partial charge is 0.337 e. The monoisotopic (exact) mass is 250 g/mol. The van der Waals surface area contributed by atoms with Gasteiger partial charge in [0.15, 0.2) is 0 Å². The number of likely N-dealkylation sites (tertiary alicyclic amines) is 1. The molecule has 0 saturated carbocycles. The van der Waals surface area contributed by atoms with Gasteiger partial charge in [-0.15, -0.1) is 0 Å². The van der Waals surface area contributed by atoms with Gasteiger partial charge in [0.2, 0.25) is 0 Å². The first kappa shape index (κ1) is 13.0. The molecule has 0 amide bonds. The average molecular weight is 250 g/mol. The van der Waals surface area contributed by atoms with Gasteiger partial charge in [-0.3, -0.25) is 9.88 Å². The highest BCUT2D eigenvalue weighted by Gasteiger charge is 2.25. The first-order valence-electron chi connectivity index (χ1n) is 6.15. The molecule has 1 aliphatic rings. The van der Waals surface area contributed by atoms with Gasteiger partial charge in [-0.1, -0.05) is 0 Å². The van der Waals surface area contributed by atoms with Crippen LogP contribution >= 0.6 is 0 Å². The second-order valence-corrected chi connectivity index (χ2v) is 4.87. The summed E-state index contributed by atoms with van der Waals surface area (Å²) in [4.78, 5) is 17.1. The van der Waals surface area contributed by atoms with Crippen LogP contribution in [0, 0.1) is 5.92 Å². The predicted molar refractivity (Wildman–Crippen MR) is 66.3 cm³/mol. The number of aromatic nitrogens is 1. The second-order valence-electron chi connectivity index (χ2n) is 4.87. The van der Waals surface area contributed by atoms with Crippen LogP contribution in [0.3, 0.4) is 0 Å². The van der Waals surface area contributed by atoms with Gasteiger partial charge < -0.3 is 10.2 Å². The Kier molecular flexibility index (Phi) is 3.93. The van der Waals surface area contributed by atoms with Crippen molar-refractivity contribution in [2.45, 2.75) is 26.0 Å². The third-order valence-electron chi connectivity index (χ3n) is 3.45. The Morgan fingerprint density at radius 2 is 2.39 bits per heavy atom. The number of pyridine rings is 1. The summed E-state index contributed by atoms with van der Waals surface area (Å²) in [7, 11) is 0. The minimum Gasteiger partial charge on any atom is -0.478 e. The molecule has 2 N–H and O–H groups in total. The van der Waals surface area contributed by atoms with E-state index in [1.54, 1.807) is 12.1 Å². The molecule has 0 bridgehead atoms. The van der Waals surface area contributed by atoms with E-state index in [4.69, 9.17) is 5.11 Å². The normalized spacial score (nSPS) is 22.0. The molecular weight excluding hydrogens is 232 g/mol. The number of hydrogen-bond donors (Lipinski definition) is 2. The van der Waals surface area contributed by atoms with Crippen LogP contribution in [0.2, 0.25) is 0 Å². The number of hydrogen-bond acceptors (Lipinski definition) is 4. The number of rotatable bonds is 4. The molecule has 0 spiro atoms. The van der Waals surface area contributed by atoms with E-state index in [9.17, 15) is 9.90 Å². The lowest BCUT2D eigenvalue weighted by Gasteiger charge is -2.16. The molecule has 1 aromatic rings. The maximum atomic E-state index is 10.7. The zero-order valence-electron chi connectivity index (χ0n) is 10.4. The van der Waals surface area contributed by atoms with Gasteiger partial charge in [-0.25, -0.2) is 4.79 Å². The first-order chi connectivity index (χ1) is 8.56. The van der Waals surface area contributed by atoms with Crippen LogP contribution in [0.15, 0.2) is 18.3 Å². The Labute approximate surface area is 106 Å². The maximum Gasteiger partial charge on any atom is 0.337 e. The molecule has 1 aromatic heterocycles. The van der Waals surface area contributed by atoms with E-state index < -0.39 is 5.97 Å². The number of nitrogens with zero attached hydrogens (tertiary/aromatic N) is 2. The molecule has 2 rings (SSSR count). The molecular formula is C13H18N2O3. The third-order valence-corrected chi connectivity index (χ3v) is 3.45. The number of aromatic carboxylic acids is 1. The van der Waals surface area contributed by atoms with Crippen molar-refractivity contribution >= 4 is 5.97 Å². The molecule has 5 nitrogen and oxygen atoms in total. The van der Waals surface area contributed by atoms with E-state index in [0.29, 0.717) is 12.5 Å². The fraction of sp³-hybridized carbons (Fsp3) is 0.538. The number of carboxylic acids is 1. The van der Waals surface area contributed by atoms with E-state index in [1.165, 1.54) is 6.20 Å². The lowest BCUT2D eigenvalue weighted by atomic mass is 10.0. The standard InChI is InChI=1S/C13H18N2O3/c1-9(16)11-4-5-15(7-11)8-12-3-2-10(6-14-12)13(17)18/h2-3,6,9,11,16H,4-5,7-8H2,1H3,(H,17,18). The Morgan fingerprint density at radius 1 is 1.61 bits per heavy atom. The maximum absolute atomic E-state index is 10.7. The van der Waals surface area contributed by atoms with Crippen LogP contribution in [0.25, 0.3) is 0 Å². The van der Waals surface area contributed by atoms with Crippen LogP contribution in [0.1, 0.15) is 29.4 Å². The number of carbonyl (C=O) groups is 1. The van der Waals surface area contributed by atoms with Crippen molar-refractivity contribution in [2.75, 3.05) is 13.1 Å². The summed E-state index contributed by atoms with van der Waals surface area (Å²) in [5.74, 6) is -0.618. The van der Waals surface area contributed by atoms with Crippen molar-refractivity contribution in [1.29, 1.82) is 0 Å². The minimum absolute atomic E-state index is 0.210. The summed E-state index contributed by atoms with van der Waals surface area (Å²) in [6, 6.07) is 3.33. The van der Waals surface area contributed by atoms with Crippen molar-refractivity contribution < 1.29 is 15.0 Å². The van der Waals surface area contributed by atoms with E-state index in [0.717, 1.165) is 25.2 Å². The van der Waals surface area contributed by atoms with E-state index in [1.807, 2.05) is 6.92 Å². The summed E-state index contributed by atoms with van der Waals surface area (Å²) in [6.45, 7) is 4.37. The van der Waals surface area contributed by atoms with Crippen molar-refractivity contribution in [2.24, 2.45) is 5.92 Å². The SMILES string of the molecule is CC(O)C1CCN(Cc2ccc(C(=O)O)cn2)C1. The van der Waals surface area contributed by atoms with Crippen molar-refractivity contribution in [3.05, 3.63) is 29.6 Å². The molecule has 1 aliphatic heterocycles. The molecule has 2 atom stereocenters. The van der Waals surface area contributed by atoms with E-state index in [2.05, 4.69) is 9.88 Å². The third kappa shape index (κ3) is 3.05. The molecule has 0 radical (unpaired) electrons. The summed E-state index contributed by atoms with van der Waals surface area (Å²) in [6.07, 6.45) is 2.13. The summed E-state index contributed by atoms with van der Waals surface area (Å²) in [5.41, 5.74) is 1.08. The van der Waals surface area contributed by atoms with E-state index >= 15 is 0 Å². The highest BCUT2D eigenvalue weighted by Crippen LogP contribution is 2.20.